The molecule has 0 unspecified atom stereocenters. The van der Waals surface area contributed by atoms with Crippen molar-refractivity contribution < 1.29 is 9.13 Å². The molecule has 2 rings (SSSR count). The van der Waals surface area contributed by atoms with Crippen LogP contribution in [0.15, 0.2) is 30.6 Å². The van der Waals surface area contributed by atoms with E-state index in [-0.39, 0.29) is 17.9 Å². The van der Waals surface area contributed by atoms with Gasteiger partial charge < -0.3 is 10.5 Å². The predicted octanol–water partition coefficient (Wildman–Crippen LogP) is 1.56. The first-order valence-electron chi connectivity index (χ1n) is 5.29. The molecule has 0 aliphatic rings. The Balaban J connectivity index is 1.92. The zero-order valence-corrected chi connectivity index (χ0v) is 9.51. The summed E-state index contributed by atoms with van der Waals surface area (Å²) in [6.07, 6.45) is 3.20. The molecule has 0 fully saturated rings. The van der Waals surface area contributed by atoms with E-state index in [1.54, 1.807) is 10.9 Å². The SMILES string of the molecule is N#Cc1ccc(OCCn2cc(N)cn2)c(F)c1. The molecule has 18 heavy (non-hydrogen) atoms. The zero-order chi connectivity index (χ0) is 13.0. The summed E-state index contributed by atoms with van der Waals surface area (Å²) in [5.74, 6) is -0.428. The number of aromatic nitrogens is 2. The monoisotopic (exact) mass is 246 g/mol. The van der Waals surface area contributed by atoms with Crippen molar-refractivity contribution >= 4 is 5.69 Å². The van der Waals surface area contributed by atoms with E-state index in [1.807, 2.05) is 6.07 Å². The van der Waals surface area contributed by atoms with Crippen molar-refractivity contribution in [1.29, 1.82) is 5.26 Å². The van der Waals surface area contributed by atoms with Crippen LogP contribution >= 0.6 is 0 Å². The predicted molar refractivity (Wildman–Crippen MR) is 63.2 cm³/mol. The number of rotatable bonds is 4. The average Bonchev–Trinajstić information content (AvgIpc) is 2.77. The van der Waals surface area contributed by atoms with E-state index >= 15 is 0 Å². The summed E-state index contributed by atoms with van der Waals surface area (Å²) < 4.78 is 20.3. The number of nitrogens with two attached hydrogens (primary N) is 1. The van der Waals surface area contributed by atoms with Crippen LogP contribution in [0.1, 0.15) is 5.56 Å². The largest absolute Gasteiger partial charge is 0.489 e. The van der Waals surface area contributed by atoms with Crippen LogP contribution in [0.4, 0.5) is 10.1 Å². The van der Waals surface area contributed by atoms with Gasteiger partial charge in [-0.2, -0.15) is 10.4 Å². The van der Waals surface area contributed by atoms with Crippen molar-refractivity contribution in [2.24, 2.45) is 0 Å². The summed E-state index contributed by atoms with van der Waals surface area (Å²) in [7, 11) is 0. The van der Waals surface area contributed by atoms with Gasteiger partial charge in [-0.15, -0.1) is 0 Å². The minimum absolute atomic E-state index is 0.120. The standard InChI is InChI=1S/C12H11FN4O/c13-11-5-9(6-14)1-2-12(11)18-4-3-17-8-10(15)7-16-17/h1-2,5,7-8H,3-4,15H2. The van der Waals surface area contributed by atoms with E-state index in [0.29, 0.717) is 12.2 Å². The molecule has 0 bridgehead atoms. The fourth-order valence-corrected chi connectivity index (χ4v) is 1.44. The van der Waals surface area contributed by atoms with Crippen LogP contribution in [0.5, 0.6) is 5.75 Å². The van der Waals surface area contributed by atoms with Gasteiger partial charge in [0.1, 0.15) is 6.61 Å². The number of nitrogen functional groups attached to an aromatic ring is 1. The number of hydrogen-bond donors (Lipinski definition) is 1. The molecule has 0 spiro atoms. The minimum atomic E-state index is -0.547. The lowest BCUT2D eigenvalue weighted by atomic mass is 10.2. The average molecular weight is 246 g/mol. The molecule has 5 nitrogen and oxygen atoms in total. The highest BCUT2D eigenvalue weighted by molar-refractivity contribution is 5.36. The molecule has 0 aliphatic heterocycles. The number of benzene rings is 1. The quantitative estimate of drug-likeness (QED) is 0.888. The lowest BCUT2D eigenvalue weighted by Gasteiger charge is -2.07. The van der Waals surface area contributed by atoms with E-state index in [1.165, 1.54) is 18.3 Å². The molecule has 0 amide bonds. The van der Waals surface area contributed by atoms with Crippen molar-refractivity contribution in [3.63, 3.8) is 0 Å². The van der Waals surface area contributed by atoms with Gasteiger partial charge in [-0.3, -0.25) is 4.68 Å². The van der Waals surface area contributed by atoms with Gasteiger partial charge in [0.05, 0.1) is 30.1 Å². The van der Waals surface area contributed by atoms with Gasteiger partial charge in [0.25, 0.3) is 0 Å². The summed E-state index contributed by atoms with van der Waals surface area (Å²) in [6.45, 7) is 0.737. The summed E-state index contributed by atoms with van der Waals surface area (Å²) in [5.41, 5.74) is 6.34. The zero-order valence-electron chi connectivity index (χ0n) is 9.51. The van der Waals surface area contributed by atoms with E-state index in [9.17, 15) is 4.39 Å². The molecular weight excluding hydrogens is 235 g/mol. The van der Waals surface area contributed by atoms with E-state index in [0.717, 1.165) is 6.07 Å². The number of ether oxygens (including phenoxy) is 1. The Labute approximate surface area is 103 Å². The maximum atomic E-state index is 13.4. The second-order valence-corrected chi connectivity index (χ2v) is 3.64. The highest BCUT2D eigenvalue weighted by Crippen LogP contribution is 2.17. The fraction of sp³-hybridized carbons (Fsp3) is 0.167. The van der Waals surface area contributed by atoms with Crippen molar-refractivity contribution in [2.45, 2.75) is 6.54 Å². The second-order valence-electron chi connectivity index (χ2n) is 3.64. The lowest BCUT2D eigenvalue weighted by Crippen LogP contribution is -2.09. The van der Waals surface area contributed by atoms with Crippen molar-refractivity contribution in [3.05, 3.63) is 42.0 Å². The first-order chi connectivity index (χ1) is 8.69. The summed E-state index contributed by atoms with van der Waals surface area (Å²) in [6, 6.07) is 5.94. The van der Waals surface area contributed by atoms with E-state index < -0.39 is 5.82 Å². The fourth-order valence-electron chi connectivity index (χ4n) is 1.44. The molecule has 1 aromatic carbocycles. The lowest BCUT2D eigenvalue weighted by molar-refractivity contribution is 0.278. The van der Waals surface area contributed by atoms with Crippen LogP contribution in [0.25, 0.3) is 0 Å². The summed E-state index contributed by atoms with van der Waals surface area (Å²) >= 11 is 0. The van der Waals surface area contributed by atoms with Crippen molar-refractivity contribution in [2.75, 3.05) is 12.3 Å². The van der Waals surface area contributed by atoms with Gasteiger partial charge in [0.2, 0.25) is 0 Å². The summed E-state index contributed by atoms with van der Waals surface area (Å²) in [4.78, 5) is 0. The molecule has 2 aromatic rings. The summed E-state index contributed by atoms with van der Waals surface area (Å²) in [5, 5.41) is 12.6. The van der Waals surface area contributed by atoms with E-state index in [2.05, 4.69) is 5.10 Å². The van der Waals surface area contributed by atoms with Crippen LogP contribution in [0, 0.1) is 17.1 Å². The first-order valence-corrected chi connectivity index (χ1v) is 5.29. The highest BCUT2D eigenvalue weighted by Gasteiger charge is 2.04. The van der Waals surface area contributed by atoms with E-state index in [4.69, 9.17) is 15.7 Å². The van der Waals surface area contributed by atoms with Crippen LogP contribution in [-0.4, -0.2) is 16.4 Å². The van der Waals surface area contributed by atoms with Crippen molar-refractivity contribution in [3.8, 4) is 11.8 Å². The number of halogens is 1. The van der Waals surface area contributed by atoms with Gasteiger partial charge in [-0.25, -0.2) is 4.39 Å². The molecule has 92 valence electrons. The molecule has 0 saturated carbocycles. The number of nitrogens with zero attached hydrogens (tertiary/aromatic N) is 3. The molecule has 0 radical (unpaired) electrons. The molecule has 0 aliphatic carbocycles. The van der Waals surface area contributed by atoms with Gasteiger partial charge in [0.15, 0.2) is 11.6 Å². The number of nitriles is 1. The molecular formula is C12H11FN4O. The topological polar surface area (TPSA) is 76.9 Å². The Hall–Kier alpha value is -2.55. The maximum absolute atomic E-state index is 13.4. The molecule has 6 heteroatoms. The first kappa shape index (κ1) is 11.9. The van der Waals surface area contributed by atoms with Gasteiger partial charge in [-0.05, 0) is 18.2 Å². The van der Waals surface area contributed by atoms with Crippen LogP contribution in [0.2, 0.25) is 0 Å². The Kier molecular flexibility index (Phi) is 3.44. The Bertz CT molecular complexity index is 588. The molecule has 1 heterocycles. The number of hydrogen-bond acceptors (Lipinski definition) is 4. The van der Waals surface area contributed by atoms with Crippen LogP contribution in [-0.2, 0) is 6.54 Å². The maximum Gasteiger partial charge on any atom is 0.166 e. The van der Waals surface area contributed by atoms with Gasteiger partial charge in [-0.1, -0.05) is 0 Å². The van der Waals surface area contributed by atoms with Crippen LogP contribution in [0.3, 0.4) is 0 Å². The Morgan fingerprint density at radius 2 is 2.33 bits per heavy atom. The third-order valence-electron chi connectivity index (χ3n) is 2.29. The smallest absolute Gasteiger partial charge is 0.166 e. The third-order valence-corrected chi connectivity index (χ3v) is 2.29. The Morgan fingerprint density at radius 1 is 1.50 bits per heavy atom. The molecule has 1 aromatic heterocycles. The van der Waals surface area contributed by atoms with Gasteiger partial charge in [0, 0.05) is 6.20 Å². The number of anilines is 1. The Morgan fingerprint density at radius 3 is 2.94 bits per heavy atom. The molecule has 0 atom stereocenters. The normalized spacial score (nSPS) is 10.0. The highest BCUT2D eigenvalue weighted by atomic mass is 19.1. The van der Waals surface area contributed by atoms with Gasteiger partial charge >= 0.3 is 0 Å². The minimum Gasteiger partial charge on any atom is -0.489 e. The molecule has 2 N–H and O–H groups in total. The van der Waals surface area contributed by atoms with Crippen molar-refractivity contribution in [1.82, 2.24) is 9.78 Å². The van der Waals surface area contributed by atoms with Crippen LogP contribution < -0.4 is 10.5 Å². The second kappa shape index (κ2) is 5.19. The molecule has 0 saturated heterocycles. The third kappa shape index (κ3) is 2.77.